The minimum Gasteiger partial charge on any atom is -0.335 e. The van der Waals surface area contributed by atoms with Crippen LogP contribution in [0.25, 0.3) is 0 Å². The van der Waals surface area contributed by atoms with Crippen LogP contribution in [0, 0.1) is 5.92 Å². The van der Waals surface area contributed by atoms with E-state index in [1.807, 2.05) is 11.9 Å². The molecule has 0 heterocycles. The quantitative estimate of drug-likeness (QED) is 0.646. The molecule has 2 rings (SSSR count). The number of rotatable bonds is 6. The van der Waals surface area contributed by atoms with E-state index in [1.165, 1.54) is 12.8 Å². The van der Waals surface area contributed by atoms with E-state index in [4.69, 9.17) is 5.73 Å². The van der Waals surface area contributed by atoms with E-state index in [1.54, 1.807) is 0 Å². The van der Waals surface area contributed by atoms with E-state index < -0.39 is 0 Å². The normalized spacial score (nSPS) is 19.5. The Bertz CT molecular complexity index is 332. The maximum absolute atomic E-state index is 11.7. The van der Waals surface area contributed by atoms with Crippen LogP contribution in [0.2, 0.25) is 0 Å². The molecular formula is C12H23ClN4O2. The first-order valence-corrected chi connectivity index (χ1v) is 6.60. The second-order valence-corrected chi connectivity index (χ2v) is 5.35. The molecule has 2 saturated carbocycles. The van der Waals surface area contributed by atoms with Gasteiger partial charge < -0.3 is 11.1 Å². The highest BCUT2D eigenvalue weighted by Crippen LogP contribution is 2.34. The van der Waals surface area contributed by atoms with Crippen LogP contribution in [-0.2, 0) is 4.79 Å². The van der Waals surface area contributed by atoms with Crippen molar-refractivity contribution in [1.82, 2.24) is 15.5 Å². The van der Waals surface area contributed by atoms with Gasteiger partial charge in [-0.05, 0) is 38.6 Å². The molecule has 1 atom stereocenters. The molecule has 1 unspecified atom stereocenters. The van der Waals surface area contributed by atoms with Crippen molar-refractivity contribution < 1.29 is 9.59 Å². The van der Waals surface area contributed by atoms with Crippen molar-refractivity contribution >= 4 is 24.3 Å². The van der Waals surface area contributed by atoms with Crippen LogP contribution in [0.15, 0.2) is 0 Å². The summed E-state index contributed by atoms with van der Waals surface area (Å²) >= 11 is 0. The van der Waals surface area contributed by atoms with Crippen molar-refractivity contribution in [2.75, 3.05) is 20.1 Å². The molecule has 3 amide bonds. The molecule has 2 aliphatic rings. The lowest BCUT2D eigenvalue weighted by Crippen LogP contribution is -2.48. The van der Waals surface area contributed by atoms with Gasteiger partial charge in [0.1, 0.15) is 0 Å². The molecule has 0 spiro atoms. The summed E-state index contributed by atoms with van der Waals surface area (Å²) in [7, 11) is 1.88. The van der Waals surface area contributed by atoms with Crippen LogP contribution >= 0.6 is 12.4 Å². The van der Waals surface area contributed by atoms with E-state index in [2.05, 4.69) is 10.6 Å². The fourth-order valence-corrected chi connectivity index (χ4v) is 2.17. The molecule has 19 heavy (non-hydrogen) atoms. The van der Waals surface area contributed by atoms with Gasteiger partial charge in [-0.25, -0.2) is 4.79 Å². The number of halogens is 1. The molecule has 6 nitrogen and oxygen atoms in total. The zero-order chi connectivity index (χ0) is 13.1. The minimum absolute atomic E-state index is 0. The van der Waals surface area contributed by atoms with Crippen molar-refractivity contribution in [3.63, 3.8) is 0 Å². The molecule has 0 aromatic rings. The van der Waals surface area contributed by atoms with Crippen molar-refractivity contribution in [3.8, 4) is 0 Å². The summed E-state index contributed by atoms with van der Waals surface area (Å²) in [6, 6.07) is 0.132. The number of nitrogens with zero attached hydrogens (tertiary/aromatic N) is 1. The van der Waals surface area contributed by atoms with Gasteiger partial charge in [-0.3, -0.25) is 15.0 Å². The summed E-state index contributed by atoms with van der Waals surface area (Å²) in [5.74, 6) is 0.350. The lowest BCUT2D eigenvalue weighted by Gasteiger charge is -2.26. The summed E-state index contributed by atoms with van der Waals surface area (Å²) in [4.78, 5) is 25.0. The Morgan fingerprint density at radius 3 is 2.42 bits per heavy atom. The van der Waals surface area contributed by atoms with Crippen molar-refractivity contribution in [2.45, 2.75) is 37.8 Å². The van der Waals surface area contributed by atoms with E-state index >= 15 is 0 Å². The van der Waals surface area contributed by atoms with Crippen LogP contribution in [0.1, 0.15) is 25.7 Å². The van der Waals surface area contributed by atoms with Crippen molar-refractivity contribution in [2.24, 2.45) is 11.7 Å². The number of likely N-dealkylation sites (N-methyl/N-ethyl adjacent to an activating group) is 1. The number of hydrogen-bond donors (Lipinski definition) is 3. The maximum atomic E-state index is 11.7. The van der Waals surface area contributed by atoms with Crippen LogP contribution < -0.4 is 16.4 Å². The molecule has 2 aliphatic carbocycles. The van der Waals surface area contributed by atoms with Gasteiger partial charge >= 0.3 is 6.03 Å². The van der Waals surface area contributed by atoms with Crippen LogP contribution in [-0.4, -0.2) is 49.1 Å². The van der Waals surface area contributed by atoms with Crippen molar-refractivity contribution in [1.29, 1.82) is 0 Å². The van der Waals surface area contributed by atoms with Gasteiger partial charge in [0.05, 0.1) is 6.54 Å². The Hall–Kier alpha value is -0.850. The number of nitrogens with two attached hydrogens (primary N) is 1. The molecule has 110 valence electrons. The van der Waals surface area contributed by atoms with E-state index in [9.17, 15) is 9.59 Å². The van der Waals surface area contributed by atoms with Gasteiger partial charge in [0, 0.05) is 18.6 Å². The summed E-state index contributed by atoms with van der Waals surface area (Å²) in [5, 5.41) is 5.07. The number of hydrogen-bond acceptors (Lipinski definition) is 4. The van der Waals surface area contributed by atoms with Gasteiger partial charge in [-0.2, -0.15) is 0 Å². The molecule has 7 heteroatoms. The van der Waals surface area contributed by atoms with Crippen LogP contribution in [0.4, 0.5) is 4.79 Å². The van der Waals surface area contributed by atoms with E-state index in [-0.39, 0.29) is 43.0 Å². The average Bonchev–Trinajstić information content (AvgIpc) is 3.10. The zero-order valence-corrected chi connectivity index (χ0v) is 12.0. The highest BCUT2D eigenvalue weighted by molar-refractivity contribution is 5.95. The molecule has 4 N–H and O–H groups in total. The highest BCUT2D eigenvalue weighted by atomic mass is 35.5. The first kappa shape index (κ1) is 16.2. The third kappa shape index (κ3) is 5.34. The van der Waals surface area contributed by atoms with Gasteiger partial charge in [0.2, 0.25) is 5.91 Å². The number of urea groups is 1. The Morgan fingerprint density at radius 2 is 1.95 bits per heavy atom. The van der Waals surface area contributed by atoms with E-state index in [0.29, 0.717) is 12.5 Å². The van der Waals surface area contributed by atoms with Gasteiger partial charge in [-0.15, -0.1) is 12.4 Å². The Kier molecular flexibility index (Phi) is 6.03. The molecule has 2 fully saturated rings. The van der Waals surface area contributed by atoms with Gasteiger partial charge in [0.15, 0.2) is 0 Å². The monoisotopic (exact) mass is 290 g/mol. The standard InChI is InChI=1S/C12H22N4O2.ClH/c1-16(10(6-13)8-2-3-8)7-11(17)15-12(18)14-9-4-5-9;/h8-10H,2-7,13H2,1H3,(H2,14,15,17,18);1H. The smallest absolute Gasteiger partial charge is 0.321 e. The minimum atomic E-state index is -0.383. The topological polar surface area (TPSA) is 87.5 Å². The van der Waals surface area contributed by atoms with Crippen LogP contribution in [0.3, 0.4) is 0 Å². The third-order valence-corrected chi connectivity index (χ3v) is 3.53. The molecule has 0 radical (unpaired) electrons. The SMILES string of the molecule is CN(CC(=O)NC(=O)NC1CC1)C(CN)C1CC1.Cl. The molecule has 0 aromatic carbocycles. The number of imide groups is 1. The van der Waals surface area contributed by atoms with E-state index in [0.717, 1.165) is 12.8 Å². The largest absolute Gasteiger partial charge is 0.335 e. The lowest BCUT2D eigenvalue weighted by atomic mass is 10.1. The molecule has 0 saturated heterocycles. The fourth-order valence-electron chi connectivity index (χ4n) is 2.17. The first-order chi connectivity index (χ1) is 8.60. The van der Waals surface area contributed by atoms with Crippen molar-refractivity contribution in [3.05, 3.63) is 0 Å². The number of carbonyl (C=O) groups is 2. The fraction of sp³-hybridized carbons (Fsp3) is 0.833. The molecule has 0 bridgehead atoms. The highest BCUT2D eigenvalue weighted by Gasteiger charge is 2.33. The second-order valence-electron chi connectivity index (χ2n) is 5.35. The second kappa shape index (κ2) is 7.07. The Morgan fingerprint density at radius 1 is 1.32 bits per heavy atom. The molecule has 0 aromatic heterocycles. The summed E-state index contributed by atoms with van der Waals surface area (Å²) in [6.45, 7) is 0.777. The Labute approximate surface area is 119 Å². The Balaban J connectivity index is 0.00000180. The predicted molar refractivity (Wildman–Crippen MR) is 75.1 cm³/mol. The van der Waals surface area contributed by atoms with Gasteiger partial charge in [0.25, 0.3) is 0 Å². The number of amides is 3. The van der Waals surface area contributed by atoms with Gasteiger partial charge in [-0.1, -0.05) is 0 Å². The number of carbonyl (C=O) groups excluding carboxylic acids is 2. The lowest BCUT2D eigenvalue weighted by molar-refractivity contribution is -0.121. The average molecular weight is 291 g/mol. The maximum Gasteiger partial charge on any atom is 0.321 e. The third-order valence-electron chi connectivity index (χ3n) is 3.53. The molecule has 0 aliphatic heterocycles. The molecular weight excluding hydrogens is 268 g/mol. The van der Waals surface area contributed by atoms with Crippen LogP contribution in [0.5, 0.6) is 0 Å². The predicted octanol–water partition coefficient (Wildman–Crippen LogP) is 0.0655. The zero-order valence-electron chi connectivity index (χ0n) is 11.2. The summed E-state index contributed by atoms with van der Waals surface area (Å²) < 4.78 is 0. The summed E-state index contributed by atoms with van der Waals surface area (Å²) in [5.41, 5.74) is 5.71. The number of nitrogens with one attached hydrogen (secondary N) is 2. The summed E-state index contributed by atoms with van der Waals surface area (Å²) in [6.07, 6.45) is 4.41. The first-order valence-electron chi connectivity index (χ1n) is 6.60.